The molecule has 0 aliphatic heterocycles. The molecule has 0 bridgehead atoms. The van der Waals surface area contributed by atoms with Crippen LogP contribution in [0.1, 0.15) is 22.6 Å². The molecule has 4 aromatic carbocycles. The summed E-state index contributed by atoms with van der Waals surface area (Å²) < 4.78 is 29.2. The summed E-state index contributed by atoms with van der Waals surface area (Å²) in [6.07, 6.45) is 0. The second kappa shape index (κ2) is 10.5. The number of rotatable bonds is 7. The molecule has 0 radical (unpaired) electrons. The van der Waals surface area contributed by atoms with Crippen LogP contribution in [0.25, 0.3) is 21.9 Å². The van der Waals surface area contributed by atoms with Gasteiger partial charge in [-0.25, -0.2) is 9.59 Å². The van der Waals surface area contributed by atoms with E-state index in [-0.39, 0.29) is 11.1 Å². The molecule has 7 heteroatoms. The highest BCUT2D eigenvalue weighted by Crippen LogP contribution is 2.43. The van der Waals surface area contributed by atoms with E-state index in [0.29, 0.717) is 50.5 Å². The summed E-state index contributed by atoms with van der Waals surface area (Å²) in [5, 5.41) is 1.18. The van der Waals surface area contributed by atoms with E-state index in [2.05, 4.69) is 0 Å². The zero-order chi connectivity index (χ0) is 27.6. The van der Waals surface area contributed by atoms with Crippen molar-refractivity contribution in [3.05, 3.63) is 141 Å². The average Bonchev–Trinajstić information content (AvgIpc) is 2.98. The van der Waals surface area contributed by atoms with Gasteiger partial charge in [0.05, 0.1) is 42.0 Å². The lowest BCUT2D eigenvalue weighted by atomic mass is 9.84. The maximum absolute atomic E-state index is 13.7. The molecule has 2 heterocycles. The lowest BCUT2D eigenvalue weighted by molar-refractivity contribution is 0.395. The van der Waals surface area contributed by atoms with Gasteiger partial charge in [-0.2, -0.15) is 0 Å². The summed E-state index contributed by atoms with van der Waals surface area (Å²) in [7, 11) is 2.97. The number of fused-ring (bicyclic) bond motifs is 2. The summed E-state index contributed by atoms with van der Waals surface area (Å²) in [6.45, 7) is 0. The quantitative estimate of drug-likeness (QED) is 0.207. The van der Waals surface area contributed by atoms with Crippen LogP contribution in [0, 0.1) is 0 Å². The highest BCUT2D eigenvalue weighted by atomic mass is 16.5. The molecule has 0 spiro atoms. The van der Waals surface area contributed by atoms with Crippen LogP contribution in [-0.4, -0.2) is 14.2 Å². The maximum Gasteiger partial charge on any atom is 0.344 e. The van der Waals surface area contributed by atoms with Gasteiger partial charge in [-0.15, -0.1) is 0 Å². The van der Waals surface area contributed by atoms with Gasteiger partial charge in [0.1, 0.15) is 34.2 Å². The normalized spacial score (nSPS) is 11.2. The summed E-state index contributed by atoms with van der Waals surface area (Å²) in [6, 6.07) is 30.7. The minimum absolute atomic E-state index is 0.138. The molecule has 0 N–H and O–H groups in total. The highest BCUT2D eigenvalue weighted by molar-refractivity contribution is 5.87. The first-order chi connectivity index (χ1) is 19.6. The molecule has 6 rings (SSSR count). The van der Waals surface area contributed by atoms with Crippen molar-refractivity contribution in [2.24, 2.45) is 0 Å². The predicted molar refractivity (Wildman–Crippen MR) is 152 cm³/mol. The van der Waals surface area contributed by atoms with Crippen molar-refractivity contribution in [2.45, 2.75) is 5.92 Å². The third-order valence-electron chi connectivity index (χ3n) is 6.75. The minimum Gasteiger partial charge on any atom is -0.495 e. The van der Waals surface area contributed by atoms with E-state index in [4.69, 9.17) is 23.0 Å². The van der Waals surface area contributed by atoms with Gasteiger partial charge in [0.25, 0.3) is 0 Å². The van der Waals surface area contributed by atoms with Crippen molar-refractivity contribution >= 4 is 21.9 Å². The predicted octanol–water partition coefficient (Wildman–Crippen LogP) is 6.89. The summed E-state index contributed by atoms with van der Waals surface area (Å²) in [4.78, 5) is 27.4. The number of ether oxygens (including phenoxy) is 3. The molecule has 0 unspecified atom stereocenters. The molecule has 7 nitrogen and oxygen atoms in total. The Balaban J connectivity index is 1.67. The Morgan fingerprint density at radius 1 is 0.575 bits per heavy atom. The SMILES string of the molecule is COc1c(C(c2cccc(Oc3ccccc3)c2)c2c(OC)c3ccccc3oc2=O)c(=O)oc2ccccc12. The fraction of sp³-hybridized carbons (Fsp3) is 0.0909. The number of para-hydroxylation sites is 3. The van der Waals surface area contributed by atoms with Crippen molar-refractivity contribution in [2.75, 3.05) is 14.2 Å². The first kappa shape index (κ1) is 25.0. The van der Waals surface area contributed by atoms with Crippen molar-refractivity contribution in [1.82, 2.24) is 0 Å². The molecule has 0 amide bonds. The topological polar surface area (TPSA) is 88.1 Å². The lowest BCUT2D eigenvalue weighted by Crippen LogP contribution is -2.23. The van der Waals surface area contributed by atoms with Crippen molar-refractivity contribution in [3.63, 3.8) is 0 Å². The van der Waals surface area contributed by atoms with Gasteiger partial charge >= 0.3 is 11.3 Å². The lowest BCUT2D eigenvalue weighted by Gasteiger charge is -2.22. The van der Waals surface area contributed by atoms with Crippen molar-refractivity contribution in [3.8, 4) is 23.0 Å². The molecule has 0 aliphatic carbocycles. The number of hydrogen-bond acceptors (Lipinski definition) is 7. The molecule has 2 aromatic heterocycles. The average molecular weight is 533 g/mol. The number of hydrogen-bond donors (Lipinski definition) is 0. The largest absolute Gasteiger partial charge is 0.495 e. The minimum atomic E-state index is -0.981. The first-order valence-corrected chi connectivity index (χ1v) is 12.6. The maximum atomic E-state index is 13.7. The van der Waals surface area contributed by atoms with Gasteiger partial charge in [-0.3, -0.25) is 0 Å². The van der Waals surface area contributed by atoms with E-state index in [0.717, 1.165) is 0 Å². The Labute approximate surface area is 228 Å². The van der Waals surface area contributed by atoms with E-state index in [1.807, 2.05) is 48.5 Å². The molecule has 0 saturated heterocycles. The summed E-state index contributed by atoms with van der Waals surface area (Å²) in [5.74, 6) is 0.761. The van der Waals surface area contributed by atoms with Gasteiger partial charge in [-0.05, 0) is 54.1 Å². The van der Waals surface area contributed by atoms with E-state index in [1.54, 1.807) is 54.6 Å². The first-order valence-electron chi connectivity index (χ1n) is 12.6. The van der Waals surface area contributed by atoms with E-state index in [1.165, 1.54) is 14.2 Å². The molecule has 0 atom stereocenters. The number of benzene rings is 4. The van der Waals surface area contributed by atoms with Gasteiger partial charge in [0.15, 0.2) is 0 Å². The van der Waals surface area contributed by atoms with Crippen molar-refractivity contribution < 1.29 is 23.0 Å². The molecular formula is C33H24O7. The van der Waals surface area contributed by atoms with Crippen LogP contribution in [0.4, 0.5) is 0 Å². The molecule has 40 heavy (non-hydrogen) atoms. The van der Waals surface area contributed by atoms with E-state index < -0.39 is 17.2 Å². The third-order valence-corrected chi connectivity index (χ3v) is 6.75. The smallest absolute Gasteiger partial charge is 0.344 e. The Kier molecular flexibility index (Phi) is 6.54. The molecule has 6 aromatic rings. The second-order valence-electron chi connectivity index (χ2n) is 9.09. The third kappa shape index (κ3) is 4.37. The molecular weight excluding hydrogens is 508 g/mol. The van der Waals surface area contributed by atoms with Gasteiger partial charge < -0.3 is 23.0 Å². The highest BCUT2D eigenvalue weighted by Gasteiger charge is 2.33. The fourth-order valence-corrected chi connectivity index (χ4v) is 5.07. The summed E-state index contributed by atoms with van der Waals surface area (Å²) in [5.41, 5.74) is 0.290. The van der Waals surface area contributed by atoms with Crippen LogP contribution in [-0.2, 0) is 0 Å². The van der Waals surface area contributed by atoms with Crippen LogP contribution in [0.5, 0.6) is 23.0 Å². The monoisotopic (exact) mass is 532 g/mol. The van der Waals surface area contributed by atoms with Gasteiger partial charge in [0, 0.05) is 0 Å². The number of methoxy groups -OCH3 is 2. The standard InChI is InChI=1S/C33H24O7/c1-36-30-23-15-6-8-17-25(23)39-32(34)28(30)27(20-11-10-14-22(19-20)38-21-12-4-3-5-13-21)29-31(37-2)24-16-7-9-18-26(24)40-33(29)35/h3-19,27H,1-2H3. The van der Waals surface area contributed by atoms with Crippen LogP contribution in [0.3, 0.4) is 0 Å². The molecule has 0 saturated carbocycles. The van der Waals surface area contributed by atoms with E-state index in [9.17, 15) is 9.59 Å². The molecule has 0 aliphatic rings. The Morgan fingerprint density at radius 2 is 1.07 bits per heavy atom. The zero-order valence-electron chi connectivity index (χ0n) is 21.8. The Bertz CT molecular complexity index is 1850. The van der Waals surface area contributed by atoms with Gasteiger partial charge in [0.2, 0.25) is 0 Å². The fourth-order valence-electron chi connectivity index (χ4n) is 5.07. The zero-order valence-corrected chi connectivity index (χ0v) is 21.8. The van der Waals surface area contributed by atoms with E-state index >= 15 is 0 Å². The Morgan fingerprint density at radius 3 is 1.62 bits per heavy atom. The molecule has 198 valence electrons. The summed E-state index contributed by atoms with van der Waals surface area (Å²) >= 11 is 0. The van der Waals surface area contributed by atoms with Crippen LogP contribution >= 0.6 is 0 Å². The Hall–Kier alpha value is -5.30. The van der Waals surface area contributed by atoms with Crippen molar-refractivity contribution in [1.29, 1.82) is 0 Å². The van der Waals surface area contributed by atoms with Gasteiger partial charge in [-0.1, -0.05) is 54.6 Å². The van der Waals surface area contributed by atoms with Crippen LogP contribution in [0.2, 0.25) is 0 Å². The molecule has 0 fully saturated rings. The van der Waals surface area contributed by atoms with Crippen LogP contribution < -0.4 is 25.5 Å². The second-order valence-corrected chi connectivity index (χ2v) is 9.09. The van der Waals surface area contributed by atoms with Crippen LogP contribution in [0.15, 0.2) is 122 Å².